The molecule has 0 saturated heterocycles. The smallest absolute Gasteiger partial charge is 0.326 e. The van der Waals surface area contributed by atoms with Gasteiger partial charge in [-0.05, 0) is 44.1 Å². The van der Waals surface area contributed by atoms with Gasteiger partial charge in [0.1, 0.15) is 18.1 Å². The second-order valence-corrected chi connectivity index (χ2v) is 9.28. The van der Waals surface area contributed by atoms with Crippen LogP contribution < -0.4 is 38.9 Å². The van der Waals surface area contributed by atoms with Gasteiger partial charge in [0.15, 0.2) is 5.96 Å². The van der Waals surface area contributed by atoms with Crippen LogP contribution in [0.25, 0.3) is 0 Å². The van der Waals surface area contributed by atoms with Crippen LogP contribution in [0.3, 0.4) is 0 Å². The SMILES string of the molecule is CSCCC(N)C(=O)NC(CCC(=O)O)C(=O)NC(CCCN=C(N)N)C(=O)NC(CCC(N)=O)C(=O)O. The molecule has 216 valence electrons. The Morgan fingerprint density at radius 1 is 0.789 bits per heavy atom. The van der Waals surface area contributed by atoms with E-state index in [-0.39, 0.29) is 44.6 Å². The van der Waals surface area contributed by atoms with Crippen LogP contribution in [-0.2, 0) is 28.8 Å². The first-order chi connectivity index (χ1) is 17.8. The molecule has 0 radical (unpaired) electrons. The predicted octanol–water partition coefficient (Wildman–Crippen LogP) is -3.21. The van der Waals surface area contributed by atoms with Crippen molar-refractivity contribution in [2.75, 3.05) is 18.6 Å². The normalized spacial score (nSPS) is 13.7. The predicted molar refractivity (Wildman–Crippen MR) is 140 cm³/mol. The standard InChI is InChI=1S/C21H38N8O8S/c1-38-10-8-11(22)17(33)27-13(5-7-16(31)32)19(35)28-12(3-2-9-26-21(24)25)18(34)29-14(20(36)37)4-6-15(23)30/h11-14H,2-10,22H2,1H3,(H2,23,30)(H,27,33)(H,28,35)(H,29,34)(H,31,32)(H,36,37)(H4,24,25,26). The van der Waals surface area contributed by atoms with E-state index in [1.165, 1.54) is 11.8 Å². The molecule has 4 unspecified atom stereocenters. The molecule has 0 heterocycles. The lowest BCUT2D eigenvalue weighted by Crippen LogP contribution is -2.57. The van der Waals surface area contributed by atoms with Crippen molar-refractivity contribution in [3.8, 4) is 0 Å². The molecule has 0 aromatic carbocycles. The topological polar surface area (TPSA) is 295 Å². The van der Waals surface area contributed by atoms with Gasteiger partial charge in [0.2, 0.25) is 23.6 Å². The Balaban J connectivity index is 5.69. The summed E-state index contributed by atoms with van der Waals surface area (Å²) in [4.78, 5) is 75.8. The first-order valence-corrected chi connectivity index (χ1v) is 13.1. The van der Waals surface area contributed by atoms with E-state index < -0.39 is 66.2 Å². The summed E-state index contributed by atoms with van der Waals surface area (Å²) in [6.45, 7) is 0.0927. The lowest BCUT2D eigenvalue weighted by Gasteiger charge is -2.25. The molecule has 0 fully saturated rings. The molecule has 0 saturated carbocycles. The minimum absolute atomic E-state index is 0.0383. The van der Waals surface area contributed by atoms with Crippen molar-refractivity contribution in [3.05, 3.63) is 0 Å². The second-order valence-electron chi connectivity index (χ2n) is 8.30. The minimum Gasteiger partial charge on any atom is -0.481 e. The highest BCUT2D eigenvalue weighted by molar-refractivity contribution is 7.98. The van der Waals surface area contributed by atoms with Gasteiger partial charge in [0, 0.05) is 19.4 Å². The number of hydrogen-bond donors (Lipinski definition) is 9. The third-order valence-corrected chi connectivity index (χ3v) is 5.77. The summed E-state index contributed by atoms with van der Waals surface area (Å²) in [5, 5.41) is 25.5. The number of nitrogens with zero attached hydrogens (tertiary/aromatic N) is 1. The number of hydrogen-bond acceptors (Lipinski definition) is 9. The van der Waals surface area contributed by atoms with E-state index in [0.717, 1.165) is 0 Å². The summed E-state index contributed by atoms with van der Waals surface area (Å²) < 4.78 is 0. The van der Waals surface area contributed by atoms with E-state index in [1.54, 1.807) is 0 Å². The van der Waals surface area contributed by atoms with Crippen LogP contribution in [-0.4, -0.2) is 94.5 Å². The number of carbonyl (C=O) groups excluding carboxylic acids is 4. The Kier molecular flexibility index (Phi) is 16.9. The van der Waals surface area contributed by atoms with Gasteiger partial charge in [-0.3, -0.25) is 29.0 Å². The highest BCUT2D eigenvalue weighted by Gasteiger charge is 2.30. The molecule has 4 atom stereocenters. The van der Waals surface area contributed by atoms with E-state index in [0.29, 0.717) is 12.2 Å². The molecule has 38 heavy (non-hydrogen) atoms. The van der Waals surface area contributed by atoms with E-state index in [2.05, 4.69) is 20.9 Å². The maximum absolute atomic E-state index is 13.0. The molecule has 0 aromatic rings. The average molecular weight is 563 g/mol. The van der Waals surface area contributed by atoms with Gasteiger partial charge < -0.3 is 49.1 Å². The Labute approximate surface area is 224 Å². The van der Waals surface area contributed by atoms with Crippen LogP contribution in [0.15, 0.2) is 4.99 Å². The molecule has 0 aliphatic heterocycles. The fourth-order valence-corrected chi connectivity index (χ4v) is 3.54. The van der Waals surface area contributed by atoms with Gasteiger partial charge in [0.05, 0.1) is 6.04 Å². The molecule has 0 bridgehead atoms. The van der Waals surface area contributed by atoms with Crippen LogP contribution in [0.2, 0.25) is 0 Å². The molecular formula is C21H38N8O8S. The summed E-state index contributed by atoms with van der Waals surface area (Å²) in [6, 6.07) is -5.05. The van der Waals surface area contributed by atoms with Crippen molar-refractivity contribution in [3.63, 3.8) is 0 Å². The zero-order valence-corrected chi connectivity index (χ0v) is 22.0. The van der Waals surface area contributed by atoms with E-state index in [9.17, 15) is 33.9 Å². The van der Waals surface area contributed by atoms with Crippen LogP contribution in [0.4, 0.5) is 0 Å². The number of rotatable bonds is 20. The summed E-state index contributed by atoms with van der Waals surface area (Å²) >= 11 is 1.47. The van der Waals surface area contributed by atoms with Crippen LogP contribution in [0, 0.1) is 0 Å². The van der Waals surface area contributed by atoms with Crippen LogP contribution in [0.1, 0.15) is 44.9 Å². The van der Waals surface area contributed by atoms with Crippen molar-refractivity contribution < 1.29 is 39.0 Å². The molecule has 0 spiro atoms. The molecule has 16 nitrogen and oxygen atoms in total. The third-order valence-electron chi connectivity index (χ3n) is 5.12. The number of nitrogens with one attached hydrogen (secondary N) is 3. The van der Waals surface area contributed by atoms with E-state index in [4.69, 9.17) is 28.0 Å². The van der Waals surface area contributed by atoms with Crippen molar-refractivity contribution in [2.45, 2.75) is 69.1 Å². The van der Waals surface area contributed by atoms with Crippen LogP contribution >= 0.6 is 11.8 Å². The largest absolute Gasteiger partial charge is 0.481 e. The van der Waals surface area contributed by atoms with Gasteiger partial charge in [-0.1, -0.05) is 0 Å². The number of guanidine groups is 1. The van der Waals surface area contributed by atoms with E-state index in [1.807, 2.05) is 6.26 Å². The van der Waals surface area contributed by atoms with Gasteiger partial charge in [-0.2, -0.15) is 11.8 Å². The summed E-state index contributed by atoms with van der Waals surface area (Å²) in [5.41, 5.74) is 21.5. The van der Waals surface area contributed by atoms with Gasteiger partial charge in [-0.25, -0.2) is 4.79 Å². The average Bonchev–Trinajstić information content (AvgIpc) is 2.83. The monoisotopic (exact) mass is 562 g/mol. The van der Waals surface area contributed by atoms with Crippen molar-refractivity contribution in [1.29, 1.82) is 0 Å². The highest BCUT2D eigenvalue weighted by Crippen LogP contribution is 2.07. The fourth-order valence-electron chi connectivity index (χ4n) is 3.05. The van der Waals surface area contributed by atoms with Crippen molar-refractivity contribution in [1.82, 2.24) is 16.0 Å². The highest BCUT2D eigenvalue weighted by atomic mass is 32.2. The Bertz CT molecular complexity index is 868. The number of aliphatic carboxylic acids is 2. The van der Waals surface area contributed by atoms with Crippen molar-refractivity contribution >= 4 is 53.3 Å². The van der Waals surface area contributed by atoms with Gasteiger partial charge in [-0.15, -0.1) is 0 Å². The number of amides is 4. The maximum atomic E-state index is 13.0. The fraction of sp³-hybridized carbons (Fsp3) is 0.667. The first-order valence-electron chi connectivity index (χ1n) is 11.7. The number of aliphatic imine (C=N–C) groups is 1. The molecule has 13 N–H and O–H groups in total. The Hall–Kier alpha value is -3.60. The first kappa shape index (κ1) is 34.4. The zero-order chi connectivity index (χ0) is 29.3. The molecule has 17 heteroatoms. The van der Waals surface area contributed by atoms with Crippen LogP contribution in [0.5, 0.6) is 0 Å². The molecule has 4 amide bonds. The Morgan fingerprint density at radius 3 is 1.82 bits per heavy atom. The van der Waals surface area contributed by atoms with Gasteiger partial charge in [0.25, 0.3) is 0 Å². The summed E-state index contributed by atoms with van der Waals surface area (Å²) in [7, 11) is 0. The maximum Gasteiger partial charge on any atom is 0.326 e. The summed E-state index contributed by atoms with van der Waals surface area (Å²) in [6.07, 6.45) is 0.960. The molecule has 0 aliphatic rings. The van der Waals surface area contributed by atoms with Crippen molar-refractivity contribution in [2.24, 2.45) is 27.9 Å². The lowest BCUT2D eigenvalue weighted by molar-refractivity contribution is -0.142. The minimum atomic E-state index is -1.47. The second kappa shape index (κ2) is 18.6. The zero-order valence-electron chi connectivity index (χ0n) is 21.2. The number of primary amides is 1. The molecule has 0 aliphatic carbocycles. The Morgan fingerprint density at radius 2 is 1.32 bits per heavy atom. The lowest BCUT2D eigenvalue weighted by atomic mass is 10.1. The van der Waals surface area contributed by atoms with E-state index >= 15 is 0 Å². The number of nitrogens with two attached hydrogens (primary N) is 4. The number of thioether (sulfide) groups is 1. The quantitative estimate of drug-likeness (QED) is 0.0402. The number of carboxylic acid groups (broad SMARTS) is 2. The van der Waals surface area contributed by atoms with Gasteiger partial charge >= 0.3 is 11.9 Å². The third kappa shape index (κ3) is 15.5. The molecule has 0 aromatic heterocycles. The summed E-state index contributed by atoms with van der Waals surface area (Å²) in [5.74, 6) is -5.44. The molecular weight excluding hydrogens is 524 g/mol. The number of carboxylic acids is 2. The number of carbonyl (C=O) groups is 6. The molecule has 0 rings (SSSR count).